The molecule has 1 aromatic carbocycles. The summed E-state index contributed by atoms with van der Waals surface area (Å²) in [6, 6.07) is 1.07. The second-order valence-electron chi connectivity index (χ2n) is 8.28. The van der Waals surface area contributed by atoms with Crippen LogP contribution in [0.1, 0.15) is 17.5 Å². The normalized spacial score (nSPS) is 17.8. The Morgan fingerprint density at radius 3 is 2.34 bits per heavy atom. The Morgan fingerprint density at radius 1 is 1.11 bits per heavy atom. The van der Waals surface area contributed by atoms with E-state index < -0.39 is 40.6 Å². The number of carbonyl (C=O) groups excluding carboxylic acids is 1. The van der Waals surface area contributed by atoms with Gasteiger partial charge in [-0.1, -0.05) is 12.2 Å². The largest absolute Gasteiger partial charge is 0.416 e. The number of hydrogen-bond acceptors (Lipinski definition) is 5. The molecule has 2 N–H and O–H groups in total. The zero-order chi connectivity index (χ0) is 25.4. The number of benzene rings is 1. The predicted octanol–water partition coefficient (Wildman–Crippen LogP) is 3.46. The summed E-state index contributed by atoms with van der Waals surface area (Å²) in [6.07, 6.45) is -0.678. The molecule has 0 radical (unpaired) electrons. The molecular weight excluding hydrogens is 480 g/mol. The maximum absolute atomic E-state index is 13.1. The summed E-state index contributed by atoms with van der Waals surface area (Å²) >= 11 is 0. The number of amides is 1. The van der Waals surface area contributed by atoms with Crippen LogP contribution in [0.4, 0.5) is 26.3 Å². The Hall–Kier alpha value is -3.61. The van der Waals surface area contributed by atoms with Crippen molar-refractivity contribution in [2.45, 2.75) is 24.4 Å². The summed E-state index contributed by atoms with van der Waals surface area (Å²) in [4.78, 5) is 17.5. The number of hydrogen-bond donors (Lipinski definition) is 2. The number of allylic oxidation sites excluding steroid dienone is 1. The second kappa shape index (κ2) is 8.87. The first kappa shape index (κ1) is 24.5. The van der Waals surface area contributed by atoms with Crippen molar-refractivity contribution in [1.29, 1.82) is 0 Å². The first-order valence-corrected chi connectivity index (χ1v) is 10.3. The van der Waals surface area contributed by atoms with Crippen LogP contribution in [0.3, 0.4) is 0 Å². The molecule has 0 aliphatic carbocycles. The van der Waals surface area contributed by atoms with Crippen LogP contribution in [0.15, 0.2) is 54.5 Å². The minimum Gasteiger partial charge on any atom is -0.387 e. The molecule has 1 fully saturated rings. The van der Waals surface area contributed by atoms with E-state index in [1.807, 2.05) is 12.2 Å². The Kier molecular flexibility index (Phi) is 6.21. The van der Waals surface area contributed by atoms with E-state index in [2.05, 4.69) is 15.4 Å². The number of nitrogens with one attached hydrogen (secondary N) is 1. The van der Waals surface area contributed by atoms with Crippen molar-refractivity contribution < 1.29 is 36.2 Å². The third-order valence-corrected chi connectivity index (χ3v) is 5.39. The molecule has 2 aromatic rings. The average molecular weight is 499 g/mol. The van der Waals surface area contributed by atoms with Gasteiger partial charge in [0.2, 0.25) is 5.91 Å². The number of halogens is 6. The SMILES string of the molecule is O=C(/C=C\n1cnc(-c2cc(C(F)(F)F)cc(C(F)(F)F)c2)n1)N1CC(O)(CC2=CNCC=C2)C1. The number of aromatic nitrogens is 3. The van der Waals surface area contributed by atoms with E-state index in [0.717, 1.165) is 22.7 Å². The smallest absolute Gasteiger partial charge is 0.387 e. The fraction of sp³-hybridized carbons (Fsp3) is 0.318. The van der Waals surface area contributed by atoms with Crippen LogP contribution in [0, 0.1) is 0 Å². The standard InChI is InChI=1S/C22H19F6N5O2/c23-21(24,25)16-6-15(7-17(8-16)22(26,27)28)19-30-13-33(31-19)5-3-18(34)32-11-20(35,12-32)9-14-2-1-4-29-10-14/h1-3,5-8,10,13,29,35H,4,9,11-12H2/b5-3-. The highest BCUT2D eigenvalue weighted by molar-refractivity contribution is 5.91. The first-order valence-electron chi connectivity index (χ1n) is 10.3. The topological polar surface area (TPSA) is 83.3 Å². The lowest BCUT2D eigenvalue weighted by Gasteiger charge is -2.46. The summed E-state index contributed by atoms with van der Waals surface area (Å²) in [5.41, 5.74) is -3.59. The quantitative estimate of drug-likeness (QED) is 0.487. The Morgan fingerprint density at radius 2 is 1.77 bits per heavy atom. The first-order chi connectivity index (χ1) is 16.3. The summed E-state index contributed by atoms with van der Waals surface area (Å²) in [7, 11) is 0. The molecule has 186 valence electrons. The molecule has 0 unspecified atom stereocenters. The number of likely N-dealkylation sites (tertiary alicyclic amines) is 1. The highest BCUT2D eigenvalue weighted by Gasteiger charge is 2.43. The molecule has 2 aliphatic heterocycles. The molecule has 0 bridgehead atoms. The molecule has 2 aliphatic rings. The van der Waals surface area contributed by atoms with Gasteiger partial charge in [-0.2, -0.15) is 26.3 Å². The van der Waals surface area contributed by atoms with E-state index in [9.17, 15) is 36.2 Å². The van der Waals surface area contributed by atoms with Gasteiger partial charge in [0.1, 0.15) is 11.9 Å². The van der Waals surface area contributed by atoms with Crippen LogP contribution in [0.5, 0.6) is 0 Å². The summed E-state index contributed by atoms with van der Waals surface area (Å²) in [5.74, 6) is -0.823. The van der Waals surface area contributed by atoms with Gasteiger partial charge in [-0.15, -0.1) is 5.10 Å². The molecule has 0 saturated carbocycles. The molecule has 1 saturated heterocycles. The van der Waals surface area contributed by atoms with Crippen LogP contribution < -0.4 is 5.32 Å². The van der Waals surface area contributed by atoms with Gasteiger partial charge in [0.05, 0.1) is 24.2 Å². The predicted molar refractivity (Wildman–Crippen MR) is 112 cm³/mol. The van der Waals surface area contributed by atoms with Gasteiger partial charge < -0.3 is 15.3 Å². The Bertz CT molecular complexity index is 1170. The number of nitrogens with zero attached hydrogens (tertiary/aromatic N) is 4. The van der Waals surface area contributed by atoms with Crippen LogP contribution >= 0.6 is 0 Å². The molecule has 1 aromatic heterocycles. The lowest BCUT2D eigenvalue weighted by atomic mass is 9.86. The maximum Gasteiger partial charge on any atom is 0.416 e. The van der Waals surface area contributed by atoms with Gasteiger partial charge in [0.25, 0.3) is 0 Å². The van der Waals surface area contributed by atoms with Gasteiger partial charge in [-0.05, 0) is 23.8 Å². The monoisotopic (exact) mass is 499 g/mol. The second-order valence-corrected chi connectivity index (χ2v) is 8.28. The molecular formula is C22H19F6N5O2. The summed E-state index contributed by atoms with van der Waals surface area (Å²) in [5, 5.41) is 17.4. The van der Waals surface area contributed by atoms with E-state index in [1.165, 1.54) is 11.1 Å². The third-order valence-electron chi connectivity index (χ3n) is 5.39. The number of alkyl halides is 6. The molecule has 7 nitrogen and oxygen atoms in total. The number of dihydropyridines is 1. The molecule has 4 rings (SSSR count). The average Bonchev–Trinajstić information content (AvgIpc) is 3.24. The van der Waals surface area contributed by atoms with Crippen molar-refractivity contribution in [1.82, 2.24) is 25.0 Å². The lowest BCUT2D eigenvalue weighted by molar-refractivity contribution is -0.149. The minimum atomic E-state index is -5.00. The van der Waals surface area contributed by atoms with Crippen molar-refractivity contribution in [3.05, 3.63) is 65.7 Å². The number of rotatable bonds is 5. The van der Waals surface area contributed by atoms with Gasteiger partial charge in [0, 0.05) is 37.0 Å². The van der Waals surface area contributed by atoms with Gasteiger partial charge >= 0.3 is 12.4 Å². The summed E-state index contributed by atoms with van der Waals surface area (Å²) in [6.45, 7) is 0.918. The minimum absolute atomic E-state index is 0.0188. The van der Waals surface area contributed by atoms with Crippen LogP contribution in [0.2, 0.25) is 0 Å². The Balaban J connectivity index is 1.43. The number of aliphatic hydroxyl groups is 1. The maximum atomic E-state index is 13.1. The molecule has 3 heterocycles. The zero-order valence-electron chi connectivity index (χ0n) is 17.9. The van der Waals surface area contributed by atoms with Crippen molar-refractivity contribution in [2.24, 2.45) is 0 Å². The van der Waals surface area contributed by atoms with Crippen LogP contribution in [-0.4, -0.2) is 55.9 Å². The molecule has 35 heavy (non-hydrogen) atoms. The molecule has 1 amide bonds. The fourth-order valence-corrected chi connectivity index (χ4v) is 3.75. The lowest BCUT2D eigenvalue weighted by Crippen LogP contribution is -2.63. The van der Waals surface area contributed by atoms with Crippen molar-refractivity contribution >= 4 is 12.1 Å². The molecule has 13 heteroatoms. The van der Waals surface area contributed by atoms with Crippen molar-refractivity contribution in [3.8, 4) is 11.4 Å². The van der Waals surface area contributed by atoms with E-state index in [-0.39, 0.29) is 25.0 Å². The van der Waals surface area contributed by atoms with E-state index in [0.29, 0.717) is 25.1 Å². The summed E-state index contributed by atoms with van der Waals surface area (Å²) < 4.78 is 79.4. The van der Waals surface area contributed by atoms with Crippen LogP contribution in [0.25, 0.3) is 17.6 Å². The van der Waals surface area contributed by atoms with E-state index in [1.54, 1.807) is 6.20 Å². The van der Waals surface area contributed by atoms with Gasteiger partial charge in [-0.25, -0.2) is 9.67 Å². The van der Waals surface area contributed by atoms with Crippen molar-refractivity contribution in [3.63, 3.8) is 0 Å². The third kappa shape index (κ3) is 5.73. The fourth-order valence-electron chi connectivity index (χ4n) is 3.75. The zero-order valence-corrected chi connectivity index (χ0v) is 17.9. The number of carbonyl (C=O) groups is 1. The van der Waals surface area contributed by atoms with Gasteiger partial charge in [0.15, 0.2) is 5.82 Å². The molecule has 0 spiro atoms. The Labute approximate surface area is 195 Å². The highest BCUT2D eigenvalue weighted by Crippen LogP contribution is 2.38. The van der Waals surface area contributed by atoms with Gasteiger partial charge in [-0.3, -0.25) is 4.79 Å². The molecule has 0 atom stereocenters. The van der Waals surface area contributed by atoms with E-state index >= 15 is 0 Å². The van der Waals surface area contributed by atoms with Crippen LogP contribution in [-0.2, 0) is 17.1 Å². The van der Waals surface area contributed by atoms with E-state index in [4.69, 9.17) is 0 Å². The van der Waals surface area contributed by atoms with Crippen molar-refractivity contribution in [2.75, 3.05) is 19.6 Å². The highest BCUT2D eigenvalue weighted by atomic mass is 19.4. The number of β-amino-alcohol motifs (C(OH)–C–C–N with tert-alkyl or cyclic N) is 1.